The number of hydrogen-bond donors (Lipinski definition) is 3. The fourth-order valence-electron chi connectivity index (χ4n) is 1.06. The molecule has 1 aromatic rings. The van der Waals surface area contributed by atoms with Gasteiger partial charge in [-0.15, -0.1) is 0 Å². The third kappa shape index (κ3) is 4.05. The largest absolute Gasteiger partial charge is 0.382 e. The van der Waals surface area contributed by atoms with E-state index in [1.807, 2.05) is 19.1 Å². The Balaban J connectivity index is 2.32. The Morgan fingerprint density at radius 3 is 2.93 bits per heavy atom. The van der Waals surface area contributed by atoms with E-state index in [0.717, 1.165) is 11.3 Å². The molecule has 0 saturated heterocycles. The molecule has 0 aliphatic heterocycles. The summed E-state index contributed by atoms with van der Waals surface area (Å²) in [6, 6.07) is 3.84. The molecule has 5 heteroatoms. The molecule has 1 heterocycles. The van der Waals surface area contributed by atoms with Gasteiger partial charge in [-0.3, -0.25) is 9.78 Å². The minimum absolute atomic E-state index is 0.156. The van der Waals surface area contributed by atoms with Gasteiger partial charge in [-0.1, -0.05) is 6.07 Å². The van der Waals surface area contributed by atoms with Gasteiger partial charge in [-0.05, 0) is 18.6 Å². The number of primary amides is 1. The summed E-state index contributed by atoms with van der Waals surface area (Å²) in [6.07, 6.45) is 0.613. The Bertz CT molecular complexity index is 324. The first-order valence-corrected chi connectivity index (χ1v) is 4.69. The topological polar surface area (TPSA) is 88.2 Å². The van der Waals surface area contributed by atoms with E-state index < -0.39 is 12.0 Å². The number of nitrogens with zero attached hydrogens (tertiary/aromatic N) is 1. The highest BCUT2D eigenvalue weighted by atomic mass is 16.3. The number of carbonyl (C=O) groups excluding carboxylic acids is 1. The Labute approximate surface area is 88.3 Å². The summed E-state index contributed by atoms with van der Waals surface area (Å²) in [4.78, 5) is 14.6. The minimum atomic E-state index is -1.14. The maximum atomic E-state index is 10.5. The van der Waals surface area contributed by atoms with Gasteiger partial charge in [-0.25, -0.2) is 0 Å². The van der Waals surface area contributed by atoms with Crippen molar-refractivity contribution in [2.24, 2.45) is 5.73 Å². The molecule has 1 atom stereocenters. The molecule has 1 aromatic heterocycles. The number of hydrogen-bond acceptors (Lipinski definition) is 4. The SMILES string of the molecule is Cc1ccc(CNCC(O)C(N)=O)cn1. The van der Waals surface area contributed by atoms with E-state index in [2.05, 4.69) is 10.3 Å². The normalized spacial score (nSPS) is 12.4. The van der Waals surface area contributed by atoms with Gasteiger partial charge in [-0.2, -0.15) is 0 Å². The summed E-state index contributed by atoms with van der Waals surface area (Å²) >= 11 is 0. The summed E-state index contributed by atoms with van der Waals surface area (Å²) in [5.41, 5.74) is 6.85. The lowest BCUT2D eigenvalue weighted by Gasteiger charge is -2.08. The quantitative estimate of drug-likeness (QED) is 0.600. The molecule has 0 radical (unpaired) electrons. The number of aliphatic hydroxyl groups excluding tert-OH is 1. The molecule has 0 spiro atoms. The van der Waals surface area contributed by atoms with Crippen LogP contribution in [-0.2, 0) is 11.3 Å². The molecule has 15 heavy (non-hydrogen) atoms. The lowest BCUT2D eigenvalue weighted by atomic mass is 10.2. The van der Waals surface area contributed by atoms with Gasteiger partial charge < -0.3 is 16.2 Å². The summed E-state index contributed by atoms with van der Waals surface area (Å²) in [5.74, 6) is -0.718. The van der Waals surface area contributed by atoms with E-state index >= 15 is 0 Å². The van der Waals surface area contributed by atoms with Crippen LogP contribution in [0.25, 0.3) is 0 Å². The number of rotatable bonds is 5. The Hall–Kier alpha value is -1.46. The van der Waals surface area contributed by atoms with Crippen molar-refractivity contribution in [3.8, 4) is 0 Å². The zero-order valence-electron chi connectivity index (χ0n) is 8.60. The van der Waals surface area contributed by atoms with Crippen LogP contribution in [0.4, 0.5) is 0 Å². The average Bonchev–Trinajstić information content (AvgIpc) is 2.20. The highest BCUT2D eigenvalue weighted by Gasteiger charge is 2.09. The highest BCUT2D eigenvalue weighted by Crippen LogP contribution is 1.98. The first kappa shape index (κ1) is 11.6. The summed E-state index contributed by atoms with van der Waals surface area (Å²) in [7, 11) is 0. The van der Waals surface area contributed by atoms with Crippen LogP contribution < -0.4 is 11.1 Å². The van der Waals surface area contributed by atoms with Crippen molar-refractivity contribution in [2.45, 2.75) is 19.6 Å². The number of aromatic nitrogens is 1. The third-order valence-corrected chi connectivity index (χ3v) is 1.97. The fraction of sp³-hybridized carbons (Fsp3) is 0.400. The van der Waals surface area contributed by atoms with Gasteiger partial charge >= 0.3 is 0 Å². The van der Waals surface area contributed by atoms with Crippen molar-refractivity contribution in [1.82, 2.24) is 10.3 Å². The molecule has 0 aliphatic rings. The van der Waals surface area contributed by atoms with Crippen molar-refractivity contribution >= 4 is 5.91 Å². The monoisotopic (exact) mass is 209 g/mol. The van der Waals surface area contributed by atoms with Gasteiger partial charge in [0.1, 0.15) is 6.10 Å². The van der Waals surface area contributed by atoms with E-state index in [0.29, 0.717) is 6.54 Å². The predicted molar refractivity (Wildman–Crippen MR) is 55.9 cm³/mol. The Morgan fingerprint density at radius 2 is 2.40 bits per heavy atom. The molecule has 0 aliphatic carbocycles. The second kappa shape index (κ2) is 5.43. The molecule has 82 valence electrons. The minimum Gasteiger partial charge on any atom is -0.382 e. The first-order valence-electron chi connectivity index (χ1n) is 4.69. The second-order valence-electron chi connectivity index (χ2n) is 3.36. The molecule has 0 fully saturated rings. The van der Waals surface area contributed by atoms with E-state index in [1.54, 1.807) is 6.20 Å². The summed E-state index contributed by atoms with van der Waals surface area (Å²) < 4.78 is 0. The van der Waals surface area contributed by atoms with Crippen molar-refractivity contribution in [3.63, 3.8) is 0 Å². The maximum absolute atomic E-state index is 10.5. The van der Waals surface area contributed by atoms with Crippen LogP contribution in [0.3, 0.4) is 0 Å². The maximum Gasteiger partial charge on any atom is 0.247 e. The molecule has 0 aromatic carbocycles. The Kier molecular flexibility index (Phi) is 4.20. The second-order valence-corrected chi connectivity index (χ2v) is 3.36. The molecule has 1 amide bonds. The fourth-order valence-corrected chi connectivity index (χ4v) is 1.06. The van der Waals surface area contributed by atoms with Gasteiger partial charge in [0.05, 0.1) is 0 Å². The first-order chi connectivity index (χ1) is 7.09. The summed E-state index contributed by atoms with van der Waals surface area (Å²) in [6.45, 7) is 2.62. The number of amides is 1. The molecule has 5 nitrogen and oxygen atoms in total. The van der Waals surface area contributed by atoms with Gasteiger partial charge in [0.15, 0.2) is 0 Å². The van der Waals surface area contributed by atoms with E-state index in [-0.39, 0.29) is 6.54 Å². The van der Waals surface area contributed by atoms with Crippen molar-refractivity contribution in [3.05, 3.63) is 29.6 Å². The third-order valence-electron chi connectivity index (χ3n) is 1.97. The van der Waals surface area contributed by atoms with Crippen LogP contribution in [-0.4, -0.2) is 28.6 Å². The molecule has 1 unspecified atom stereocenters. The highest BCUT2D eigenvalue weighted by molar-refractivity contribution is 5.78. The molecular weight excluding hydrogens is 194 g/mol. The molecule has 0 saturated carbocycles. The molecule has 0 bridgehead atoms. The van der Waals surface area contributed by atoms with E-state index in [9.17, 15) is 4.79 Å². The molecule has 1 rings (SSSR count). The Morgan fingerprint density at radius 1 is 1.67 bits per heavy atom. The van der Waals surface area contributed by atoms with Crippen LogP contribution in [0.1, 0.15) is 11.3 Å². The van der Waals surface area contributed by atoms with Gasteiger partial charge in [0, 0.05) is 25.0 Å². The van der Waals surface area contributed by atoms with Crippen LogP contribution >= 0.6 is 0 Å². The molecule has 4 N–H and O–H groups in total. The van der Waals surface area contributed by atoms with Crippen LogP contribution in [0.2, 0.25) is 0 Å². The van der Waals surface area contributed by atoms with E-state index in [4.69, 9.17) is 10.8 Å². The summed E-state index contributed by atoms with van der Waals surface area (Å²) in [5, 5.41) is 12.0. The standard InChI is InChI=1S/C10H15N3O2/c1-7-2-3-8(5-13-7)4-12-6-9(14)10(11)15/h2-3,5,9,12,14H,4,6H2,1H3,(H2,11,15). The zero-order valence-corrected chi connectivity index (χ0v) is 8.60. The number of pyridine rings is 1. The number of carbonyl (C=O) groups is 1. The van der Waals surface area contributed by atoms with E-state index in [1.165, 1.54) is 0 Å². The number of aliphatic hydroxyl groups is 1. The van der Waals surface area contributed by atoms with Crippen molar-refractivity contribution in [2.75, 3.05) is 6.54 Å². The van der Waals surface area contributed by atoms with Crippen LogP contribution in [0.5, 0.6) is 0 Å². The lowest BCUT2D eigenvalue weighted by molar-refractivity contribution is -0.125. The predicted octanol–water partition coefficient (Wildman–Crippen LogP) is -0.674. The lowest BCUT2D eigenvalue weighted by Crippen LogP contribution is -2.37. The number of nitrogens with one attached hydrogen (secondary N) is 1. The van der Waals surface area contributed by atoms with Crippen LogP contribution in [0.15, 0.2) is 18.3 Å². The smallest absolute Gasteiger partial charge is 0.247 e. The number of aryl methyl sites for hydroxylation is 1. The van der Waals surface area contributed by atoms with Gasteiger partial charge in [0.25, 0.3) is 0 Å². The number of nitrogens with two attached hydrogens (primary N) is 1. The molecular formula is C10H15N3O2. The average molecular weight is 209 g/mol. The van der Waals surface area contributed by atoms with Crippen molar-refractivity contribution < 1.29 is 9.90 Å². The zero-order chi connectivity index (χ0) is 11.3. The van der Waals surface area contributed by atoms with Crippen molar-refractivity contribution in [1.29, 1.82) is 0 Å². The van der Waals surface area contributed by atoms with Crippen LogP contribution in [0, 0.1) is 6.92 Å². The van der Waals surface area contributed by atoms with Gasteiger partial charge in [0.2, 0.25) is 5.91 Å².